The monoisotopic (exact) mass is 146 g/mol. The molecular weight excluding hydrogens is 132 g/mol. The lowest BCUT2D eigenvalue weighted by Crippen LogP contribution is -2.05. The fraction of sp³-hybridized carbons (Fsp3) is 0.455. The molecule has 0 heterocycles. The van der Waals surface area contributed by atoms with E-state index >= 15 is 0 Å². The number of rotatable bonds is 0. The second kappa shape index (κ2) is 2.69. The van der Waals surface area contributed by atoms with Crippen molar-refractivity contribution in [2.24, 2.45) is 0 Å². The summed E-state index contributed by atoms with van der Waals surface area (Å²) < 4.78 is 0. The fourth-order valence-corrected chi connectivity index (χ4v) is 2.00. The molecule has 58 valence electrons. The van der Waals surface area contributed by atoms with Gasteiger partial charge < -0.3 is 0 Å². The molecule has 0 spiro atoms. The van der Waals surface area contributed by atoms with E-state index in [1.807, 2.05) is 0 Å². The maximum absolute atomic E-state index is 2.33. The number of hydrogen-bond acceptors (Lipinski definition) is 0. The predicted octanol–water partition coefficient (Wildman–Crippen LogP) is 3.13. The zero-order chi connectivity index (χ0) is 7.68. The Morgan fingerprint density at radius 3 is 2.91 bits per heavy atom. The van der Waals surface area contributed by atoms with Crippen molar-refractivity contribution in [3.63, 3.8) is 0 Å². The summed E-state index contributed by atoms with van der Waals surface area (Å²) in [5, 5.41) is 0. The van der Waals surface area contributed by atoms with Crippen molar-refractivity contribution in [2.75, 3.05) is 0 Å². The first-order chi connectivity index (χ1) is 5.38. The summed E-state index contributed by atoms with van der Waals surface area (Å²) >= 11 is 0. The molecule has 0 aliphatic heterocycles. The summed E-state index contributed by atoms with van der Waals surface area (Å²) in [5.74, 6) is 0.792. The molecule has 0 heteroatoms. The SMILES string of the molecule is CC1CCCc2ccccc21. The zero-order valence-electron chi connectivity index (χ0n) is 7.01. The number of fused-ring (bicyclic) bond motifs is 1. The van der Waals surface area contributed by atoms with Crippen LogP contribution in [0.5, 0.6) is 0 Å². The van der Waals surface area contributed by atoms with Crippen LogP contribution in [-0.2, 0) is 6.42 Å². The number of benzene rings is 1. The Balaban J connectivity index is 2.44. The standard InChI is InChI=1S/C11H14/c1-9-5-4-7-10-6-2-3-8-11(9)10/h2-3,6,8-9H,4-5,7H2,1H3. The lowest BCUT2D eigenvalue weighted by Gasteiger charge is -2.21. The molecule has 0 saturated heterocycles. The van der Waals surface area contributed by atoms with E-state index in [4.69, 9.17) is 0 Å². The smallest absolute Gasteiger partial charge is 0.0188 e. The van der Waals surface area contributed by atoms with Crippen LogP contribution in [0.3, 0.4) is 0 Å². The average molecular weight is 146 g/mol. The maximum Gasteiger partial charge on any atom is -0.0188 e. The molecule has 0 radical (unpaired) electrons. The van der Waals surface area contributed by atoms with Crippen LogP contribution >= 0.6 is 0 Å². The average Bonchev–Trinajstić information content (AvgIpc) is 2.06. The molecule has 2 rings (SSSR count). The Bertz CT molecular complexity index is 250. The Morgan fingerprint density at radius 1 is 1.27 bits per heavy atom. The largest absolute Gasteiger partial charge is 0.0620 e. The molecule has 1 aliphatic carbocycles. The Hall–Kier alpha value is -0.780. The lowest BCUT2D eigenvalue weighted by molar-refractivity contribution is 0.590. The van der Waals surface area contributed by atoms with Gasteiger partial charge in [0.05, 0.1) is 0 Å². The van der Waals surface area contributed by atoms with Gasteiger partial charge >= 0.3 is 0 Å². The minimum atomic E-state index is 0.792. The van der Waals surface area contributed by atoms with Gasteiger partial charge in [0.25, 0.3) is 0 Å². The van der Waals surface area contributed by atoms with Crippen LogP contribution in [0.4, 0.5) is 0 Å². The minimum Gasteiger partial charge on any atom is -0.0620 e. The van der Waals surface area contributed by atoms with Crippen LogP contribution < -0.4 is 0 Å². The summed E-state index contributed by atoms with van der Waals surface area (Å²) in [6.07, 6.45) is 4.04. The minimum absolute atomic E-state index is 0.792. The molecule has 0 amide bonds. The van der Waals surface area contributed by atoms with Gasteiger partial charge in [-0.15, -0.1) is 0 Å². The van der Waals surface area contributed by atoms with Crippen molar-refractivity contribution in [1.29, 1.82) is 0 Å². The van der Waals surface area contributed by atoms with Crippen molar-refractivity contribution in [3.8, 4) is 0 Å². The topological polar surface area (TPSA) is 0 Å². The van der Waals surface area contributed by atoms with E-state index in [9.17, 15) is 0 Å². The molecular formula is C11H14. The highest BCUT2D eigenvalue weighted by atomic mass is 14.2. The van der Waals surface area contributed by atoms with E-state index in [-0.39, 0.29) is 0 Å². The van der Waals surface area contributed by atoms with Crippen molar-refractivity contribution in [3.05, 3.63) is 35.4 Å². The van der Waals surface area contributed by atoms with E-state index in [0.29, 0.717) is 0 Å². The van der Waals surface area contributed by atoms with Crippen LogP contribution in [0.15, 0.2) is 24.3 Å². The van der Waals surface area contributed by atoms with Crippen molar-refractivity contribution >= 4 is 0 Å². The van der Waals surface area contributed by atoms with Gasteiger partial charge in [-0.05, 0) is 36.3 Å². The molecule has 0 saturated carbocycles. The van der Waals surface area contributed by atoms with E-state index in [0.717, 1.165) is 5.92 Å². The first kappa shape index (κ1) is 6.90. The van der Waals surface area contributed by atoms with E-state index < -0.39 is 0 Å². The van der Waals surface area contributed by atoms with Gasteiger partial charge in [0.1, 0.15) is 0 Å². The summed E-state index contributed by atoms with van der Waals surface area (Å²) in [4.78, 5) is 0. The van der Waals surface area contributed by atoms with E-state index in [1.54, 1.807) is 11.1 Å². The van der Waals surface area contributed by atoms with Crippen LogP contribution in [0.1, 0.15) is 36.8 Å². The highest BCUT2D eigenvalue weighted by Crippen LogP contribution is 2.30. The van der Waals surface area contributed by atoms with Gasteiger partial charge in [-0.2, -0.15) is 0 Å². The molecule has 1 unspecified atom stereocenters. The number of aryl methyl sites for hydroxylation is 1. The lowest BCUT2D eigenvalue weighted by atomic mass is 9.84. The van der Waals surface area contributed by atoms with Crippen molar-refractivity contribution in [1.82, 2.24) is 0 Å². The molecule has 1 aromatic carbocycles. The van der Waals surface area contributed by atoms with Gasteiger partial charge in [0.2, 0.25) is 0 Å². The third-order valence-electron chi connectivity index (χ3n) is 2.67. The molecule has 11 heavy (non-hydrogen) atoms. The molecule has 0 aromatic heterocycles. The normalized spacial score (nSPS) is 22.8. The maximum atomic E-state index is 2.33. The van der Waals surface area contributed by atoms with Crippen LogP contribution in [0.25, 0.3) is 0 Å². The van der Waals surface area contributed by atoms with Crippen LogP contribution in [-0.4, -0.2) is 0 Å². The summed E-state index contributed by atoms with van der Waals surface area (Å²) in [5.41, 5.74) is 3.16. The molecule has 0 nitrogen and oxygen atoms in total. The van der Waals surface area contributed by atoms with Gasteiger partial charge in [-0.1, -0.05) is 31.2 Å². The molecule has 1 atom stereocenters. The molecule has 0 bridgehead atoms. The van der Waals surface area contributed by atoms with Gasteiger partial charge in [-0.3, -0.25) is 0 Å². The van der Waals surface area contributed by atoms with E-state index in [2.05, 4.69) is 31.2 Å². The first-order valence-electron chi connectivity index (χ1n) is 4.46. The van der Waals surface area contributed by atoms with Crippen molar-refractivity contribution in [2.45, 2.75) is 32.1 Å². The Labute approximate surface area is 68.3 Å². The Morgan fingerprint density at radius 2 is 2.09 bits per heavy atom. The quantitative estimate of drug-likeness (QED) is 0.527. The second-order valence-corrected chi connectivity index (χ2v) is 3.49. The van der Waals surface area contributed by atoms with E-state index in [1.165, 1.54) is 19.3 Å². The zero-order valence-corrected chi connectivity index (χ0v) is 7.01. The third-order valence-corrected chi connectivity index (χ3v) is 2.67. The molecule has 0 fully saturated rings. The summed E-state index contributed by atoms with van der Waals surface area (Å²) in [6, 6.07) is 8.85. The first-order valence-corrected chi connectivity index (χ1v) is 4.46. The van der Waals surface area contributed by atoms with Crippen LogP contribution in [0, 0.1) is 0 Å². The Kier molecular flexibility index (Phi) is 1.69. The third kappa shape index (κ3) is 1.18. The molecule has 0 N–H and O–H groups in total. The van der Waals surface area contributed by atoms with Gasteiger partial charge in [0.15, 0.2) is 0 Å². The summed E-state index contributed by atoms with van der Waals surface area (Å²) in [6.45, 7) is 2.33. The molecule has 1 aliphatic rings. The van der Waals surface area contributed by atoms with Gasteiger partial charge in [-0.25, -0.2) is 0 Å². The molecule has 1 aromatic rings. The van der Waals surface area contributed by atoms with Gasteiger partial charge in [0, 0.05) is 0 Å². The summed E-state index contributed by atoms with van der Waals surface area (Å²) in [7, 11) is 0. The van der Waals surface area contributed by atoms with Crippen molar-refractivity contribution < 1.29 is 0 Å². The highest BCUT2D eigenvalue weighted by Gasteiger charge is 2.14. The predicted molar refractivity (Wildman–Crippen MR) is 47.8 cm³/mol. The fourth-order valence-electron chi connectivity index (χ4n) is 2.00. The number of hydrogen-bond donors (Lipinski definition) is 0. The second-order valence-electron chi connectivity index (χ2n) is 3.49. The highest BCUT2D eigenvalue weighted by molar-refractivity contribution is 5.31. The van der Waals surface area contributed by atoms with Crippen LogP contribution in [0.2, 0.25) is 0 Å².